The number of para-hydroxylation sites is 1. The SMILES string of the molecule is Cc1cccc(OC[C@@H]2CN(C(=O)Nc3ccccc3)CCO2)c1. The van der Waals surface area contributed by atoms with Crippen LogP contribution >= 0.6 is 0 Å². The van der Waals surface area contributed by atoms with Gasteiger partial charge in [0.1, 0.15) is 18.5 Å². The quantitative estimate of drug-likeness (QED) is 0.938. The molecule has 1 saturated heterocycles. The molecule has 2 amide bonds. The van der Waals surface area contributed by atoms with E-state index in [4.69, 9.17) is 9.47 Å². The van der Waals surface area contributed by atoms with Crippen molar-refractivity contribution in [2.24, 2.45) is 0 Å². The fourth-order valence-corrected chi connectivity index (χ4v) is 2.62. The number of aryl methyl sites for hydroxylation is 1. The summed E-state index contributed by atoms with van der Waals surface area (Å²) in [5, 5.41) is 2.90. The lowest BCUT2D eigenvalue weighted by molar-refractivity contribution is -0.0337. The third-order valence-corrected chi connectivity index (χ3v) is 3.88. The Morgan fingerprint density at radius 3 is 2.88 bits per heavy atom. The van der Waals surface area contributed by atoms with Crippen molar-refractivity contribution in [1.82, 2.24) is 4.90 Å². The van der Waals surface area contributed by atoms with E-state index in [9.17, 15) is 4.79 Å². The van der Waals surface area contributed by atoms with Gasteiger partial charge in [-0.1, -0.05) is 30.3 Å². The maximum atomic E-state index is 12.4. The third kappa shape index (κ3) is 4.49. The molecule has 1 fully saturated rings. The molecule has 1 atom stereocenters. The Morgan fingerprint density at radius 2 is 2.08 bits per heavy atom. The van der Waals surface area contributed by atoms with E-state index in [0.717, 1.165) is 17.0 Å². The smallest absolute Gasteiger partial charge is 0.322 e. The van der Waals surface area contributed by atoms with Crippen LogP contribution in [0.25, 0.3) is 0 Å². The van der Waals surface area contributed by atoms with Gasteiger partial charge in [-0.2, -0.15) is 0 Å². The second kappa shape index (κ2) is 7.84. The van der Waals surface area contributed by atoms with Crippen LogP contribution in [-0.4, -0.2) is 43.3 Å². The van der Waals surface area contributed by atoms with Crippen molar-refractivity contribution in [3.8, 4) is 5.75 Å². The van der Waals surface area contributed by atoms with Gasteiger partial charge in [0.25, 0.3) is 0 Å². The highest BCUT2D eigenvalue weighted by Crippen LogP contribution is 2.15. The number of anilines is 1. The molecule has 1 heterocycles. The molecule has 0 saturated carbocycles. The number of morpholine rings is 1. The van der Waals surface area contributed by atoms with Gasteiger partial charge in [-0.25, -0.2) is 4.79 Å². The van der Waals surface area contributed by atoms with Gasteiger partial charge in [0.15, 0.2) is 0 Å². The molecular weight excluding hydrogens is 304 g/mol. The van der Waals surface area contributed by atoms with Crippen molar-refractivity contribution < 1.29 is 14.3 Å². The normalized spacial score (nSPS) is 17.4. The predicted octanol–water partition coefficient (Wildman–Crippen LogP) is 3.31. The molecular formula is C19H22N2O3. The zero-order valence-electron chi connectivity index (χ0n) is 13.8. The second-order valence-corrected chi connectivity index (χ2v) is 5.86. The van der Waals surface area contributed by atoms with Gasteiger partial charge in [0.2, 0.25) is 0 Å². The molecule has 0 radical (unpaired) electrons. The van der Waals surface area contributed by atoms with E-state index >= 15 is 0 Å². The Bertz CT molecular complexity index is 675. The minimum atomic E-state index is -0.124. The maximum absolute atomic E-state index is 12.4. The molecule has 0 unspecified atom stereocenters. The largest absolute Gasteiger partial charge is 0.491 e. The van der Waals surface area contributed by atoms with E-state index in [0.29, 0.717) is 26.3 Å². The van der Waals surface area contributed by atoms with Crippen LogP contribution in [0.15, 0.2) is 54.6 Å². The molecule has 5 nitrogen and oxygen atoms in total. The standard InChI is InChI=1S/C19H22N2O3/c1-15-6-5-9-17(12-15)24-14-18-13-21(10-11-23-18)19(22)20-16-7-3-2-4-8-16/h2-9,12,18H,10-11,13-14H2,1H3,(H,20,22)/t18-/m0/s1. The summed E-state index contributed by atoms with van der Waals surface area (Å²) in [7, 11) is 0. The van der Waals surface area contributed by atoms with E-state index < -0.39 is 0 Å². The van der Waals surface area contributed by atoms with Gasteiger partial charge >= 0.3 is 6.03 Å². The highest BCUT2D eigenvalue weighted by atomic mass is 16.5. The zero-order valence-corrected chi connectivity index (χ0v) is 13.8. The maximum Gasteiger partial charge on any atom is 0.322 e. The first-order chi connectivity index (χ1) is 11.7. The average molecular weight is 326 g/mol. The van der Waals surface area contributed by atoms with Gasteiger partial charge in [-0.15, -0.1) is 0 Å². The molecule has 0 spiro atoms. The Labute approximate surface area is 142 Å². The van der Waals surface area contributed by atoms with E-state index in [1.165, 1.54) is 0 Å². The van der Waals surface area contributed by atoms with Crippen LogP contribution in [0.1, 0.15) is 5.56 Å². The predicted molar refractivity (Wildman–Crippen MR) is 93.4 cm³/mol. The fraction of sp³-hybridized carbons (Fsp3) is 0.316. The zero-order chi connectivity index (χ0) is 16.8. The lowest BCUT2D eigenvalue weighted by atomic mass is 10.2. The summed E-state index contributed by atoms with van der Waals surface area (Å²) in [5.41, 5.74) is 1.95. The summed E-state index contributed by atoms with van der Waals surface area (Å²) >= 11 is 0. The Hall–Kier alpha value is -2.53. The van der Waals surface area contributed by atoms with Crippen LogP contribution in [0.4, 0.5) is 10.5 Å². The van der Waals surface area contributed by atoms with Crippen molar-refractivity contribution in [1.29, 1.82) is 0 Å². The van der Waals surface area contributed by atoms with Crippen LogP contribution < -0.4 is 10.1 Å². The summed E-state index contributed by atoms with van der Waals surface area (Å²) in [4.78, 5) is 14.1. The number of hydrogen-bond acceptors (Lipinski definition) is 3. The molecule has 5 heteroatoms. The summed E-state index contributed by atoms with van der Waals surface area (Å²) in [6, 6.07) is 17.3. The van der Waals surface area contributed by atoms with Gasteiger partial charge in [-0.3, -0.25) is 0 Å². The summed E-state index contributed by atoms with van der Waals surface area (Å²) in [5.74, 6) is 0.824. The van der Waals surface area contributed by atoms with Gasteiger partial charge in [-0.05, 0) is 36.8 Å². The molecule has 0 bridgehead atoms. The van der Waals surface area contributed by atoms with Crippen molar-refractivity contribution in [3.63, 3.8) is 0 Å². The molecule has 0 aromatic heterocycles. The summed E-state index contributed by atoms with van der Waals surface area (Å²) in [6.07, 6.45) is -0.124. The molecule has 1 aliphatic rings. The number of hydrogen-bond donors (Lipinski definition) is 1. The Morgan fingerprint density at radius 1 is 1.25 bits per heavy atom. The highest BCUT2D eigenvalue weighted by molar-refractivity contribution is 5.89. The van der Waals surface area contributed by atoms with E-state index in [-0.39, 0.29) is 12.1 Å². The first-order valence-corrected chi connectivity index (χ1v) is 8.13. The topological polar surface area (TPSA) is 50.8 Å². The van der Waals surface area contributed by atoms with Crippen molar-refractivity contribution >= 4 is 11.7 Å². The number of nitrogens with zero attached hydrogens (tertiary/aromatic N) is 1. The van der Waals surface area contributed by atoms with Crippen molar-refractivity contribution in [2.45, 2.75) is 13.0 Å². The first-order valence-electron chi connectivity index (χ1n) is 8.13. The van der Waals surface area contributed by atoms with Crippen LogP contribution in [0.2, 0.25) is 0 Å². The molecule has 2 aromatic rings. The van der Waals surface area contributed by atoms with Gasteiger partial charge in [0.05, 0.1) is 13.2 Å². The monoisotopic (exact) mass is 326 g/mol. The lowest BCUT2D eigenvalue weighted by Crippen LogP contribution is -2.49. The number of nitrogens with one attached hydrogen (secondary N) is 1. The molecule has 24 heavy (non-hydrogen) atoms. The van der Waals surface area contributed by atoms with Crippen LogP contribution in [0, 0.1) is 6.92 Å². The highest BCUT2D eigenvalue weighted by Gasteiger charge is 2.24. The van der Waals surface area contributed by atoms with Crippen LogP contribution in [-0.2, 0) is 4.74 Å². The minimum Gasteiger partial charge on any atom is -0.491 e. The number of carbonyl (C=O) groups excluding carboxylic acids is 1. The number of amides is 2. The molecule has 3 rings (SSSR count). The van der Waals surface area contributed by atoms with Gasteiger partial charge < -0.3 is 19.7 Å². The Kier molecular flexibility index (Phi) is 5.33. The summed E-state index contributed by atoms with van der Waals surface area (Å²) in [6.45, 7) is 4.08. The van der Waals surface area contributed by atoms with E-state index in [1.54, 1.807) is 4.90 Å². The van der Waals surface area contributed by atoms with Crippen LogP contribution in [0.5, 0.6) is 5.75 Å². The number of carbonyl (C=O) groups is 1. The second-order valence-electron chi connectivity index (χ2n) is 5.86. The minimum absolute atomic E-state index is 0.106. The number of benzene rings is 2. The molecule has 1 N–H and O–H groups in total. The fourth-order valence-electron chi connectivity index (χ4n) is 2.62. The van der Waals surface area contributed by atoms with E-state index in [2.05, 4.69) is 5.32 Å². The lowest BCUT2D eigenvalue weighted by Gasteiger charge is -2.32. The van der Waals surface area contributed by atoms with Crippen LogP contribution in [0.3, 0.4) is 0 Å². The third-order valence-electron chi connectivity index (χ3n) is 3.88. The molecule has 2 aromatic carbocycles. The number of ether oxygens (including phenoxy) is 2. The first kappa shape index (κ1) is 16.3. The number of rotatable bonds is 4. The average Bonchev–Trinajstić information content (AvgIpc) is 2.61. The van der Waals surface area contributed by atoms with Crippen molar-refractivity contribution in [3.05, 3.63) is 60.2 Å². The Balaban J connectivity index is 1.51. The van der Waals surface area contributed by atoms with E-state index in [1.807, 2.05) is 61.5 Å². The summed E-state index contributed by atoms with van der Waals surface area (Å²) < 4.78 is 11.5. The molecule has 1 aliphatic heterocycles. The number of urea groups is 1. The van der Waals surface area contributed by atoms with Gasteiger partial charge in [0, 0.05) is 12.2 Å². The molecule has 126 valence electrons. The molecule has 0 aliphatic carbocycles. The van der Waals surface area contributed by atoms with Crippen molar-refractivity contribution in [2.75, 3.05) is 31.6 Å².